The van der Waals surface area contributed by atoms with E-state index in [0.717, 1.165) is 18.7 Å². The normalized spacial score (nSPS) is 18.9. The van der Waals surface area contributed by atoms with Crippen LogP contribution in [-0.2, 0) is 13.0 Å². The Balaban J connectivity index is 1.86. The summed E-state index contributed by atoms with van der Waals surface area (Å²) in [6, 6.07) is 8.32. The van der Waals surface area contributed by atoms with Crippen molar-refractivity contribution in [3.05, 3.63) is 30.0 Å². The smallest absolute Gasteiger partial charge is 0.0731 e. The van der Waals surface area contributed by atoms with Crippen LogP contribution in [0.4, 0.5) is 0 Å². The van der Waals surface area contributed by atoms with Crippen LogP contribution in [0.25, 0.3) is 10.9 Å². The van der Waals surface area contributed by atoms with Gasteiger partial charge in [0.05, 0.1) is 16.8 Å². The summed E-state index contributed by atoms with van der Waals surface area (Å²) in [6.45, 7) is 4.94. The van der Waals surface area contributed by atoms with Gasteiger partial charge in [-0.15, -0.1) is 0 Å². The van der Waals surface area contributed by atoms with Gasteiger partial charge in [0.2, 0.25) is 0 Å². The molecule has 3 nitrogen and oxygen atoms in total. The number of aliphatic hydroxyl groups is 1. The van der Waals surface area contributed by atoms with E-state index in [-0.39, 0.29) is 0 Å². The summed E-state index contributed by atoms with van der Waals surface area (Å²) >= 11 is 0. The number of aromatic nitrogens is 2. The van der Waals surface area contributed by atoms with Crippen molar-refractivity contribution >= 4 is 10.9 Å². The molecule has 3 heteroatoms. The molecule has 0 aliphatic heterocycles. The molecule has 1 saturated carbocycles. The molecule has 1 aromatic carbocycles. The summed E-state index contributed by atoms with van der Waals surface area (Å²) in [6.07, 6.45) is 5.44. The van der Waals surface area contributed by atoms with Crippen LogP contribution in [0, 0.1) is 5.92 Å². The number of benzene rings is 1. The Kier molecular flexibility index (Phi) is 3.55. The number of hydrogen-bond acceptors (Lipinski definition) is 2. The Morgan fingerprint density at radius 3 is 2.75 bits per heavy atom. The third-order valence-corrected chi connectivity index (χ3v) is 4.54. The van der Waals surface area contributed by atoms with E-state index in [2.05, 4.69) is 19.1 Å². The van der Waals surface area contributed by atoms with Crippen LogP contribution >= 0.6 is 0 Å². The van der Waals surface area contributed by atoms with Gasteiger partial charge in [-0.3, -0.25) is 4.68 Å². The first-order valence-electron chi connectivity index (χ1n) is 7.76. The van der Waals surface area contributed by atoms with Crippen LogP contribution in [0.5, 0.6) is 0 Å². The predicted octanol–water partition coefficient (Wildman–Crippen LogP) is 3.54. The van der Waals surface area contributed by atoms with E-state index >= 15 is 0 Å². The maximum atomic E-state index is 10.7. The number of hydrogen-bond donors (Lipinski definition) is 1. The Bertz CT molecular complexity index is 596. The SMILES string of the molecule is CCn1nc(CC(C)(O)CC2CCC2)c2ccccc21. The zero-order chi connectivity index (χ0) is 14.2. The standard InChI is InChI=1S/C17H24N2O/c1-3-19-16-10-5-4-9-14(16)15(18-19)12-17(2,20)11-13-7-6-8-13/h4-5,9-10,13,20H,3,6-8,11-12H2,1-2H3. The third-order valence-electron chi connectivity index (χ3n) is 4.54. The molecule has 1 atom stereocenters. The summed E-state index contributed by atoms with van der Waals surface area (Å²) in [5.41, 5.74) is 1.57. The quantitative estimate of drug-likeness (QED) is 0.904. The van der Waals surface area contributed by atoms with Crippen molar-refractivity contribution in [1.82, 2.24) is 9.78 Å². The molecule has 0 saturated heterocycles. The van der Waals surface area contributed by atoms with E-state index in [1.165, 1.54) is 30.2 Å². The van der Waals surface area contributed by atoms with E-state index in [4.69, 9.17) is 5.10 Å². The molecular formula is C17H24N2O. The fraction of sp³-hybridized carbons (Fsp3) is 0.588. The second-order valence-corrected chi connectivity index (χ2v) is 6.45. The molecular weight excluding hydrogens is 248 g/mol. The number of nitrogens with zero attached hydrogens (tertiary/aromatic N) is 2. The highest BCUT2D eigenvalue weighted by molar-refractivity contribution is 5.82. The van der Waals surface area contributed by atoms with Crippen LogP contribution in [0.15, 0.2) is 24.3 Å². The van der Waals surface area contributed by atoms with Gasteiger partial charge in [-0.25, -0.2) is 0 Å². The van der Waals surface area contributed by atoms with Crippen molar-refractivity contribution in [2.45, 2.75) is 58.1 Å². The maximum absolute atomic E-state index is 10.7. The van der Waals surface area contributed by atoms with E-state index in [1.807, 2.05) is 23.7 Å². The molecule has 108 valence electrons. The highest BCUT2D eigenvalue weighted by Gasteiger charge is 2.30. The summed E-state index contributed by atoms with van der Waals surface area (Å²) in [7, 11) is 0. The number of aryl methyl sites for hydroxylation is 1. The van der Waals surface area contributed by atoms with E-state index in [1.54, 1.807) is 0 Å². The molecule has 0 spiro atoms. The fourth-order valence-corrected chi connectivity index (χ4v) is 3.32. The maximum Gasteiger partial charge on any atom is 0.0731 e. The van der Waals surface area contributed by atoms with Crippen LogP contribution in [-0.4, -0.2) is 20.5 Å². The summed E-state index contributed by atoms with van der Waals surface area (Å²) in [5, 5.41) is 16.6. The lowest BCUT2D eigenvalue weighted by Crippen LogP contribution is -2.32. The van der Waals surface area contributed by atoms with Gasteiger partial charge >= 0.3 is 0 Å². The van der Waals surface area contributed by atoms with Gasteiger partial charge in [-0.05, 0) is 32.3 Å². The third kappa shape index (κ3) is 2.59. The van der Waals surface area contributed by atoms with Crippen LogP contribution in [0.1, 0.15) is 45.2 Å². The summed E-state index contributed by atoms with van der Waals surface area (Å²) in [4.78, 5) is 0. The first-order valence-corrected chi connectivity index (χ1v) is 7.76. The van der Waals surface area contributed by atoms with Gasteiger partial charge in [-0.1, -0.05) is 37.5 Å². The topological polar surface area (TPSA) is 38.0 Å². The molecule has 1 aliphatic rings. The van der Waals surface area contributed by atoms with E-state index < -0.39 is 5.60 Å². The van der Waals surface area contributed by atoms with Gasteiger partial charge in [0.25, 0.3) is 0 Å². The van der Waals surface area contributed by atoms with Crippen molar-refractivity contribution in [3.8, 4) is 0 Å². The molecule has 0 radical (unpaired) electrons. The number of rotatable bonds is 5. The van der Waals surface area contributed by atoms with Crippen LogP contribution in [0.2, 0.25) is 0 Å². The Morgan fingerprint density at radius 2 is 2.10 bits per heavy atom. The molecule has 3 rings (SSSR count). The van der Waals surface area contributed by atoms with Crippen molar-refractivity contribution in [2.75, 3.05) is 0 Å². The lowest BCUT2D eigenvalue weighted by atomic mass is 9.76. The first-order chi connectivity index (χ1) is 9.59. The minimum atomic E-state index is -0.638. The zero-order valence-electron chi connectivity index (χ0n) is 12.5. The molecule has 1 aliphatic carbocycles. The fourth-order valence-electron chi connectivity index (χ4n) is 3.32. The first kappa shape index (κ1) is 13.6. The van der Waals surface area contributed by atoms with Crippen molar-refractivity contribution in [2.24, 2.45) is 5.92 Å². The van der Waals surface area contributed by atoms with Gasteiger partial charge in [0, 0.05) is 18.4 Å². The highest BCUT2D eigenvalue weighted by atomic mass is 16.3. The number of fused-ring (bicyclic) bond motifs is 1. The monoisotopic (exact) mass is 272 g/mol. The summed E-state index contributed by atoms with van der Waals surface area (Å²) in [5.74, 6) is 0.713. The molecule has 20 heavy (non-hydrogen) atoms. The zero-order valence-corrected chi connectivity index (χ0v) is 12.5. The average molecular weight is 272 g/mol. The largest absolute Gasteiger partial charge is 0.390 e. The van der Waals surface area contributed by atoms with E-state index in [0.29, 0.717) is 12.3 Å². The van der Waals surface area contributed by atoms with Crippen LogP contribution < -0.4 is 0 Å². The highest BCUT2D eigenvalue weighted by Crippen LogP contribution is 2.35. The van der Waals surface area contributed by atoms with Gasteiger partial charge in [-0.2, -0.15) is 5.10 Å². The second-order valence-electron chi connectivity index (χ2n) is 6.45. The lowest BCUT2D eigenvalue weighted by molar-refractivity contribution is 0.0197. The molecule has 2 aromatic rings. The van der Waals surface area contributed by atoms with Crippen molar-refractivity contribution in [1.29, 1.82) is 0 Å². The minimum Gasteiger partial charge on any atom is -0.390 e. The molecule has 1 heterocycles. The average Bonchev–Trinajstić information content (AvgIpc) is 2.72. The lowest BCUT2D eigenvalue weighted by Gasteiger charge is -2.33. The second kappa shape index (κ2) is 5.21. The predicted molar refractivity (Wildman–Crippen MR) is 81.7 cm³/mol. The molecule has 0 bridgehead atoms. The Hall–Kier alpha value is -1.35. The molecule has 0 amide bonds. The Labute approximate surface area is 120 Å². The summed E-state index contributed by atoms with van der Waals surface area (Å²) < 4.78 is 2.03. The molecule has 1 fully saturated rings. The van der Waals surface area contributed by atoms with Crippen molar-refractivity contribution < 1.29 is 5.11 Å². The minimum absolute atomic E-state index is 0.638. The Morgan fingerprint density at radius 1 is 1.35 bits per heavy atom. The van der Waals surface area contributed by atoms with Gasteiger partial charge in [0.1, 0.15) is 0 Å². The molecule has 1 unspecified atom stereocenters. The molecule has 1 aromatic heterocycles. The molecule has 1 N–H and O–H groups in total. The van der Waals surface area contributed by atoms with Crippen molar-refractivity contribution in [3.63, 3.8) is 0 Å². The van der Waals surface area contributed by atoms with E-state index in [9.17, 15) is 5.11 Å². The van der Waals surface area contributed by atoms with Gasteiger partial charge < -0.3 is 5.11 Å². The van der Waals surface area contributed by atoms with Gasteiger partial charge in [0.15, 0.2) is 0 Å². The van der Waals surface area contributed by atoms with Crippen LogP contribution in [0.3, 0.4) is 0 Å². The number of para-hydroxylation sites is 1.